The number of nitrogens with zero attached hydrogens (tertiary/aromatic N) is 2. The second kappa shape index (κ2) is 5.48. The smallest absolute Gasteiger partial charge is 0.252 e. The molecule has 1 aromatic rings. The fourth-order valence-electron chi connectivity index (χ4n) is 1.42. The van der Waals surface area contributed by atoms with E-state index in [9.17, 15) is 14.4 Å². The van der Waals surface area contributed by atoms with E-state index in [1.165, 1.54) is 27.8 Å². The predicted molar refractivity (Wildman–Crippen MR) is 67.3 cm³/mol. The lowest BCUT2D eigenvalue weighted by Crippen LogP contribution is -2.44. The number of carbonyl (C=O) groups excluding carboxylic acids is 2. The minimum Gasteiger partial charge on any atom is -0.347 e. The molecule has 6 heteroatoms. The highest BCUT2D eigenvalue weighted by atomic mass is 16.2. The van der Waals surface area contributed by atoms with Gasteiger partial charge in [-0.25, -0.2) is 0 Å². The van der Waals surface area contributed by atoms with Gasteiger partial charge in [0.2, 0.25) is 5.91 Å². The summed E-state index contributed by atoms with van der Waals surface area (Å²) in [5, 5.41) is 2.55. The third kappa shape index (κ3) is 3.19. The monoisotopic (exact) mass is 251 g/mol. The zero-order valence-electron chi connectivity index (χ0n) is 10.9. The summed E-state index contributed by atoms with van der Waals surface area (Å²) in [6, 6.07) is 2.14. The Morgan fingerprint density at radius 2 is 2.00 bits per heavy atom. The molecule has 2 amide bonds. The first-order valence-electron chi connectivity index (χ1n) is 5.51. The molecule has 1 atom stereocenters. The first-order chi connectivity index (χ1) is 8.32. The van der Waals surface area contributed by atoms with Gasteiger partial charge >= 0.3 is 0 Å². The van der Waals surface area contributed by atoms with Gasteiger partial charge in [-0.3, -0.25) is 14.4 Å². The van der Waals surface area contributed by atoms with Crippen LogP contribution in [-0.2, 0) is 11.8 Å². The minimum atomic E-state index is -0.628. The van der Waals surface area contributed by atoms with E-state index in [1.54, 1.807) is 28.1 Å². The third-order valence-corrected chi connectivity index (χ3v) is 2.53. The van der Waals surface area contributed by atoms with E-state index in [0.29, 0.717) is 0 Å². The van der Waals surface area contributed by atoms with Crippen LogP contribution < -0.4 is 10.9 Å². The van der Waals surface area contributed by atoms with Crippen LogP contribution in [0.2, 0.25) is 0 Å². The van der Waals surface area contributed by atoms with Gasteiger partial charge in [0.1, 0.15) is 6.04 Å². The van der Waals surface area contributed by atoms with E-state index in [1.807, 2.05) is 0 Å². The maximum absolute atomic E-state index is 11.8. The quantitative estimate of drug-likeness (QED) is 0.794. The van der Waals surface area contributed by atoms with Crippen LogP contribution in [-0.4, -0.2) is 41.4 Å². The van der Waals surface area contributed by atoms with Crippen LogP contribution in [0, 0.1) is 0 Å². The Labute approximate surface area is 105 Å². The van der Waals surface area contributed by atoms with Crippen LogP contribution in [0.3, 0.4) is 0 Å². The van der Waals surface area contributed by atoms with Crippen molar-refractivity contribution < 1.29 is 9.59 Å². The van der Waals surface area contributed by atoms with Gasteiger partial charge in [-0.05, 0) is 13.0 Å². The number of likely N-dealkylation sites (N-methyl/N-ethyl adjacent to an activating group) is 1. The highest BCUT2D eigenvalue weighted by Crippen LogP contribution is 1.97. The number of amides is 2. The average Bonchev–Trinajstić information content (AvgIpc) is 2.31. The van der Waals surface area contributed by atoms with Crippen LogP contribution in [0.15, 0.2) is 23.1 Å². The van der Waals surface area contributed by atoms with E-state index in [0.717, 1.165) is 0 Å². The number of carbonyl (C=O) groups is 2. The fourth-order valence-corrected chi connectivity index (χ4v) is 1.42. The van der Waals surface area contributed by atoms with Gasteiger partial charge < -0.3 is 14.8 Å². The van der Waals surface area contributed by atoms with E-state index >= 15 is 0 Å². The van der Waals surface area contributed by atoms with Crippen LogP contribution >= 0.6 is 0 Å². The molecule has 0 aromatic carbocycles. The van der Waals surface area contributed by atoms with Crippen LogP contribution in [0.1, 0.15) is 17.3 Å². The molecule has 0 aliphatic rings. The van der Waals surface area contributed by atoms with Gasteiger partial charge in [0.05, 0.1) is 0 Å². The summed E-state index contributed by atoms with van der Waals surface area (Å²) in [5.74, 6) is -0.636. The molecule has 1 unspecified atom stereocenters. The number of aryl methyl sites for hydroxylation is 1. The molecule has 0 bridgehead atoms. The van der Waals surface area contributed by atoms with Crippen LogP contribution in [0.25, 0.3) is 0 Å². The van der Waals surface area contributed by atoms with Crippen molar-refractivity contribution in [2.45, 2.75) is 13.0 Å². The molecular weight excluding hydrogens is 234 g/mol. The standard InChI is InChI=1S/C12H17N3O3/c1-8(12(18)14(2)3)13-11(17)9-5-6-15(4)10(16)7-9/h5-8H,1-4H3,(H,13,17). The Hall–Kier alpha value is -2.11. The molecule has 6 nitrogen and oxygen atoms in total. The highest BCUT2D eigenvalue weighted by molar-refractivity contribution is 5.97. The zero-order valence-corrected chi connectivity index (χ0v) is 10.9. The maximum atomic E-state index is 11.8. The Bertz CT molecular complexity index is 520. The van der Waals surface area contributed by atoms with Crippen molar-refractivity contribution in [3.8, 4) is 0 Å². The summed E-state index contributed by atoms with van der Waals surface area (Å²) < 4.78 is 1.37. The first-order valence-corrected chi connectivity index (χ1v) is 5.51. The molecule has 98 valence electrons. The lowest BCUT2D eigenvalue weighted by atomic mass is 10.2. The molecule has 0 aliphatic carbocycles. The molecule has 1 aromatic heterocycles. The molecule has 0 fully saturated rings. The van der Waals surface area contributed by atoms with Crippen molar-refractivity contribution in [3.05, 3.63) is 34.2 Å². The molecular formula is C12H17N3O3. The van der Waals surface area contributed by atoms with E-state index < -0.39 is 11.9 Å². The van der Waals surface area contributed by atoms with Crippen LogP contribution in [0.5, 0.6) is 0 Å². The summed E-state index contributed by atoms with van der Waals surface area (Å²) >= 11 is 0. The number of aromatic nitrogens is 1. The van der Waals surface area contributed by atoms with E-state index in [4.69, 9.17) is 0 Å². The lowest BCUT2D eigenvalue weighted by molar-refractivity contribution is -0.130. The molecule has 18 heavy (non-hydrogen) atoms. The van der Waals surface area contributed by atoms with Gasteiger partial charge in [0.25, 0.3) is 11.5 Å². The van der Waals surface area contributed by atoms with Crippen molar-refractivity contribution in [2.75, 3.05) is 14.1 Å². The third-order valence-electron chi connectivity index (χ3n) is 2.53. The molecule has 0 radical (unpaired) electrons. The van der Waals surface area contributed by atoms with E-state index in [2.05, 4.69) is 5.32 Å². The topological polar surface area (TPSA) is 71.4 Å². The second-order valence-corrected chi connectivity index (χ2v) is 4.29. The highest BCUT2D eigenvalue weighted by Gasteiger charge is 2.18. The first kappa shape index (κ1) is 14.0. The number of pyridine rings is 1. The van der Waals surface area contributed by atoms with Gasteiger partial charge in [-0.15, -0.1) is 0 Å². The Morgan fingerprint density at radius 3 is 2.50 bits per heavy atom. The number of rotatable bonds is 3. The fraction of sp³-hybridized carbons (Fsp3) is 0.417. The summed E-state index contributed by atoms with van der Waals surface area (Å²) in [6.07, 6.45) is 1.51. The molecule has 1 heterocycles. The Kier molecular flexibility index (Phi) is 4.25. The van der Waals surface area contributed by atoms with Crippen molar-refractivity contribution in [1.29, 1.82) is 0 Å². The minimum absolute atomic E-state index is 0.202. The summed E-state index contributed by atoms with van der Waals surface area (Å²) in [4.78, 5) is 36.2. The molecule has 0 aliphatic heterocycles. The predicted octanol–water partition coefficient (Wildman–Crippen LogP) is -0.408. The van der Waals surface area contributed by atoms with Crippen molar-refractivity contribution in [1.82, 2.24) is 14.8 Å². The van der Waals surface area contributed by atoms with E-state index in [-0.39, 0.29) is 17.0 Å². The SMILES string of the molecule is CC(NC(=O)c1ccn(C)c(=O)c1)C(=O)N(C)C. The van der Waals surface area contributed by atoms with Crippen molar-refractivity contribution in [3.63, 3.8) is 0 Å². The second-order valence-electron chi connectivity index (χ2n) is 4.29. The lowest BCUT2D eigenvalue weighted by Gasteiger charge is -2.17. The zero-order chi connectivity index (χ0) is 13.9. The largest absolute Gasteiger partial charge is 0.347 e. The summed E-state index contributed by atoms with van der Waals surface area (Å²) in [7, 11) is 4.83. The van der Waals surface area contributed by atoms with Crippen molar-refractivity contribution >= 4 is 11.8 Å². The molecule has 0 saturated heterocycles. The Morgan fingerprint density at radius 1 is 1.39 bits per heavy atom. The van der Waals surface area contributed by atoms with Crippen LogP contribution in [0.4, 0.5) is 0 Å². The molecule has 1 rings (SSSR count). The number of hydrogen-bond donors (Lipinski definition) is 1. The van der Waals surface area contributed by atoms with Gasteiger partial charge in [-0.2, -0.15) is 0 Å². The number of nitrogens with one attached hydrogen (secondary N) is 1. The van der Waals surface area contributed by atoms with Crippen molar-refractivity contribution in [2.24, 2.45) is 7.05 Å². The summed E-state index contributed by atoms with van der Waals surface area (Å²) in [5.41, 5.74) is -0.0225. The molecule has 0 spiro atoms. The van der Waals surface area contributed by atoms with Gasteiger partial charge in [0.15, 0.2) is 0 Å². The average molecular weight is 251 g/mol. The summed E-state index contributed by atoms with van der Waals surface area (Å²) in [6.45, 7) is 1.60. The molecule has 1 N–H and O–H groups in total. The number of hydrogen-bond acceptors (Lipinski definition) is 3. The van der Waals surface area contributed by atoms with Gasteiger partial charge in [0, 0.05) is 39.0 Å². The van der Waals surface area contributed by atoms with Gasteiger partial charge in [-0.1, -0.05) is 0 Å². The Balaban J connectivity index is 2.80. The normalized spacial score (nSPS) is 11.8. The maximum Gasteiger partial charge on any atom is 0.252 e. The molecule has 0 saturated carbocycles.